The number of aliphatic hydroxyl groups is 1. The molecule has 3 N–H and O–H groups in total. The van der Waals surface area contributed by atoms with Crippen molar-refractivity contribution in [2.24, 2.45) is 5.92 Å². The van der Waals surface area contributed by atoms with Crippen LogP contribution in [0.4, 0.5) is 18.0 Å². The molecule has 0 radical (unpaired) electrons. The third-order valence-electron chi connectivity index (χ3n) is 5.93. The molecule has 0 spiro atoms. The number of hydrogen-bond donors (Lipinski definition) is 3. The lowest BCUT2D eigenvalue weighted by Crippen LogP contribution is -2.72. The maximum atomic E-state index is 14.1. The number of hydrogen-bond acceptors (Lipinski definition) is 5. The Morgan fingerprint density at radius 1 is 1.00 bits per heavy atom. The molecule has 7 nitrogen and oxygen atoms in total. The largest absolute Gasteiger partial charge is 0.493 e. The van der Waals surface area contributed by atoms with Crippen molar-refractivity contribution in [1.29, 1.82) is 0 Å². The molecule has 10 heteroatoms. The van der Waals surface area contributed by atoms with Gasteiger partial charge >= 0.3 is 12.2 Å². The molecule has 0 bridgehead atoms. The first kappa shape index (κ1) is 25.1. The highest BCUT2D eigenvalue weighted by molar-refractivity contribution is 6.00. The predicted octanol–water partition coefficient (Wildman–Crippen LogP) is 4.38. The van der Waals surface area contributed by atoms with Crippen molar-refractivity contribution in [2.75, 3.05) is 7.11 Å². The minimum atomic E-state index is -5.35. The Morgan fingerprint density at radius 2 is 1.64 bits per heavy atom. The normalized spacial score (nSPS) is 21.8. The maximum absolute atomic E-state index is 14.1. The summed E-state index contributed by atoms with van der Waals surface area (Å²) in [5, 5.41) is 14.6. The van der Waals surface area contributed by atoms with Crippen LogP contribution >= 0.6 is 0 Å². The minimum Gasteiger partial charge on any atom is -0.493 e. The van der Waals surface area contributed by atoms with Gasteiger partial charge in [0.1, 0.15) is 12.5 Å². The van der Waals surface area contributed by atoms with Crippen LogP contribution in [0.5, 0.6) is 11.5 Å². The molecular formula is C26H23F3N2O5. The van der Waals surface area contributed by atoms with Crippen LogP contribution in [0, 0.1) is 5.92 Å². The second-order valence-corrected chi connectivity index (χ2v) is 8.23. The summed E-state index contributed by atoms with van der Waals surface area (Å²) < 4.78 is 53.5. The molecule has 1 heterocycles. The molecule has 3 atom stereocenters. The number of carbonyl (C=O) groups excluding carboxylic acids is 2. The second-order valence-electron chi connectivity index (χ2n) is 8.23. The van der Waals surface area contributed by atoms with Crippen LogP contribution in [0.25, 0.3) is 0 Å². The van der Waals surface area contributed by atoms with Gasteiger partial charge in [-0.05, 0) is 23.3 Å². The quantitative estimate of drug-likeness (QED) is 0.419. The van der Waals surface area contributed by atoms with Crippen molar-refractivity contribution in [2.45, 2.75) is 24.6 Å². The number of nitrogens with one attached hydrogen (secondary N) is 2. The van der Waals surface area contributed by atoms with E-state index < -0.39 is 35.7 Å². The van der Waals surface area contributed by atoms with E-state index in [1.54, 1.807) is 6.07 Å². The molecule has 0 aliphatic carbocycles. The maximum Gasteiger partial charge on any atom is 0.437 e. The first-order valence-corrected chi connectivity index (χ1v) is 11.0. The first-order chi connectivity index (χ1) is 17.1. The molecule has 3 aromatic carbocycles. The third kappa shape index (κ3) is 4.85. The first-order valence-electron chi connectivity index (χ1n) is 11.0. The summed E-state index contributed by atoms with van der Waals surface area (Å²) in [6.45, 7) is 0.212. The van der Waals surface area contributed by atoms with Gasteiger partial charge in [-0.25, -0.2) is 4.79 Å². The van der Waals surface area contributed by atoms with E-state index in [0.717, 1.165) is 5.56 Å². The zero-order valence-corrected chi connectivity index (χ0v) is 19.1. The second kappa shape index (κ2) is 9.90. The summed E-state index contributed by atoms with van der Waals surface area (Å²) in [4.78, 5) is 25.6. The van der Waals surface area contributed by atoms with E-state index >= 15 is 0 Å². The van der Waals surface area contributed by atoms with Gasteiger partial charge in [0, 0.05) is 5.56 Å². The van der Waals surface area contributed by atoms with Crippen LogP contribution in [0.2, 0.25) is 0 Å². The molecule has 36 heavy (non-hydrogen) atoms. The Morgan fingerprint density at radius 3 is 2.25 bits per heavy atom. The average Bonchev–Trinajstić information content (AvgIpc) is 2.87. The highest BCUT2D eigenvalue weighted by Gasteiger charge is 2.66. The molecule has 2 amide bonds. The number of urea groups is 1. The van der Waals surface area contributed by atoms with Gasteiger partial charge in [0.25, 0.3) is 0 Å². The van der Waals surface area contributed by atoms with Crippen LogP contribution in [0.3, 0.4) is 0 Å². The van der Waals surface area contributed by atoms with E-state index in [4.69, 9.17) is 9.47 Å². The molecule has 1 saturated heterocycles. The van der Waals surface area contributed by atoms with Gasteiger partial charge in [-0.2, -0.15) is 13.2 Å². The molecule has 4 rings (SSSR count). The van der Waals surface area contributed by atoms with Crippen molar-refractivity contribution < 1.29 is 37.3 Å². The van der Waals surface area contributed by atoms with Crippen molar-refractivity contribution in [1.82, 2.24) is 10.6 Å². The molecule has 0 saturated carbocycles. The standard InChI is InChI=1S/C26H23F3N2O5/c1-35-20-14-18(12-13-19(20)36-15-16-8-4-2-5-9-16)22-21(23(32)17-10-6-3-7-11-17)25(34,26(27,28)29)31-24(33)30-22/h2-14,21-22,34H,15H2,1H3,(H2,30,31,33)/t21-,22+,25-/m0/s1. The van der Waals surface area contributed by atoms with Gasteiger partial charge in [-0.1, -0.05) is 66.7 Å². The van der Waals surface area contributed by atoms with Crippen molar-refractivity contribution in [3.05, 3.63) is 95.6 Å². The van der Waals surface area contributed by atoms with Gasteiger partial charge < -0.3 is 25.2 Å². The monoisotopic (exact) mass is 500 g/mol. The Bertz CT molecular complexity index is 1240. The average molecular weight is 500 g/mol. The summed E-state index contributed by atoms with van der Waals surface area (Å²) >= 11 is 0. The fraction of sp³-hybridized carbons (Fsp3) is 0.231. The van der Waals surface area contributed by atoms with E-state index in [2.05, 4.69) is 5.32 Å². The van der Waals surface area contributed by atoms with Crippen molar-refractivity contribution in [3.8, 4) is 11.5 Å². The number of alkyl halides is 3. The number of benzene rings is 3. The molecule has 0 unspecified atom stereocenters. The van der Waals surface area contributed by atoms with Gasteiger partial charge in [0.15, 0.2) is 17.3 Å². The van der Waals surface area contributed by atoms with Gasteiger partial charge in [0.2, 0.25) is 5.72 Å². The summed E-state index contributed by atoms with van der Waals surface area (Å²) in [5.41, 5.74) is -2.87. The number of methoxy groups -OCH3 is 1. The Balaban J connectivity index is 1.73. The number of halogens is 3. The number of rotatable bonds is 7. The lowest BCUT2D eigenvalue weighted by molar-refractivity contribution is -0.287. The Labute approximate surface area is 204 Å². The zero-order valence-electron chi connectivity index (χ0n) is 19.1. The molecule has 188 valence electrons. The molecule has 3 aromatic rings. The Kier molecular flexibility index (Phi) is 6.89. The van der Waals surface area contributed by atoms with Crippen LogP contribution in [0.1, 0.15) is 27.5 Å². The third-order valence-corrected chi connectivity index (χ3v) is 5.93. The van der Waals surface area contributed by atoms with Gasteiger partial charge in [0.05, 0.1) is 13.2 Å². The molecule has 1 aliphatic heterocycles. The topological polar surface area (TPSA) is 96.9 Å². The summed E-state index contributed by atoms with van der Waals surface area (Å²) in [5.74, 6) is -2.66. The Hall–Kier alpha value is -4.05. The minimum absolute atomic E-state index is 0.0529. The molecular weight excluding hydrogens is 477 g/mol. The van der Waals surface area contributed by atoms with Crippen LogP contribution in [0.15, 0.2) is 78.9 Å². The van der Waals surface area contributed by atoms with E-state index in [9.17, 15) is 27.9 Å². The van der Waals surface area contributed by atoms with Crippen LogP contribution < -0.4 is 20.1 Å². The van der Waals surface area contributed by atoms with Gasteiger partial charge in [-0.15, -0.1) is 0 Å². The van der Waals surface area contributed by atoms with Crippen LogP contribution in [-0.4, -0.2) is 35.9 Å². The highest BCUT2D eigenvalue weighted by Crippen LogP contribution is 2.45. The summed E-state index contributed by atoms with van der Waals surface area (Å²) in [6, 6.07) is 18.0. The molecule has 1 fully saturated rings. The fourth-order valence-corrected chi connectivity index (χ4v) is 4.13. The highest BCUT2D eigenvalue weighted by atomic mass is 19.4. The summed E-state index contributed by atoms with van der Waals surface area (Å²) in [6.07, 6.45) is -5.35. The van der Waals surface area contributed by atoms with E-state index in [-0.39, 0.29) is 23.5 Å². The summed E-state index contributed by atoms with van der Waals surface area (Å²) in [7, 11) is 1.36. The number of Topliss-reactive ketones (excluding diaryl/α,β-unsaturated/α-hetero) is 1. The van der Waals surface area contributed by atoms with E-state index in [0.29, 0.717) is 5.75 Å². The number of carbonyl (C=O) groups is 2. The van der Waals surface area contributed by atoms with Crippen molar-refractivity contribution >= 4 is 11.8 Å². The number of ketones is 1. The van der Waals surface area contributed by atoms with E-state index in [1.165, 1.54) is 54.9 Å². The molecule has 0 aromatic heterocycles. The van der Waals surface area contributed by atoms with Crippen molar-refractivity contribution in [3.63, 3.8) is 0 Å². The number of ether oxygens (including phenoxy) is 2. The SMILES string of the molecule is COc1cc([C@H]2NC(=O)N[C@@](O)(C(F)(F)F)[C@@H]2C(=O)c2ccccc2)ccc1OCc1ccccc1. The lowest BCUT2D eigenvalue weighted by Gasteiger charge is -2.45. The molecule has 1 aliphatic rings. The van der Waals surface area contributed by atoms with E-state index in [1.807, 2.05) is 30.3 Å². The smallest absolute Gasteiger partial charge is 0.437 e. The number of amides is 2. The lowest BCUT2D eigenvalue weighted by atomic mass is 9.77. The van der Waals surface area contributed by atoms with Gasteiger partial charge in [-0.3, -0.25) is 4.79 Å². The van der Waals surface area contributed by atoms with Crippen LogP contribution in [-0.2, 0) is 6.61 Å². The predicted molar refractivity (Wildman–Crippen MR) is 123 cm³/mol. The zero-order chi connectivity index (χ0) is 25.9. The fourth-order valence-electron chi connectivity index (χ4n) is 4.13.